The first kappa shape index (κ1) is 42.8. The Morgan fingerprint density at radius 1 is 0.333 bits per heavy atom. The fourth-order valence-electron chi connectivity index (χ4n) is 6.04. The van der Waals surface area contributed by atoms with Crippen LogP contribution in [0.25, 0.3) is 0 Å². The summed E-state index contributed by atoms with van der Waals surface area (Å²) in [5.74, 6) is 0. The van der Waals surface area contributed by atoms with Crippen molar-refractivity contribution in [3.63, 3.8) is 0 Å². The zero-order valence-corrected chi connectivity index (χ0v) is 31.0. The minimum Gasteiger partial charge on any atom is -0.303 e. The molecule has 0 aromatic heterocycles. The minimum absolute atomic E-state index is 0.170. The molecule has 0 radical (unpaired) electrons. The summed E-state index contributed by atoms with van der Waals surface area (Å²) in [6.45, 7) is 0.170. The van der Waals surface area contributed by atoms with Gasteiger partial charge in [-0.2, -0.15) is 0 Å². The maximum atomic E-state index is 10.6. The summed E-state index contributed by atoms with van der Waals surface area (Å²) in [5.41, 5.74) is 0. The summed E-state index contributed by atoms with van der Waals surface area (Å²) in [5, 5.41) is 0. The number of halogens is 1. The lowest BCUT2D eigenvalue weighted by atomic mass is 10.0. The summed E-state index contributed by atoms with van der Waals surface area (Å²) < 4.78 is 16.4. The molecule has 0 aliphatic rings. The van der Waals surface area contributed by atoms with Gasteiger partial charge in [0.2, 0.25) is 0 Å². The smallest absolute Gasteiger partial charge is 0.303 e. The SMILES string of the molecule is O=P(O)(O)OCCCCCCCCCCCCCCCCCCCCCCCCCCCCCCCCCCCCI. The maximum absolute atomic E-state index is 10.6. The van der Waals surface area contributed by atoms with Crippen LogP contribution >= 0.6 is 30.4 Å². The van der Waals surface area contributed by atoms with E-state index in [4.69, 9.17) is 9.79 Å². The second-order valence-corrected chi connectivity index (χ2v) is 15.4. The van der Waals surface area contributed by atoms with Crippen LogP contribution in [0.1, 0.15) is 218 Å². The third-order valence-electron chi connectivity index (χ3n) is 8.79. The molecular formula is C36H74IO4P. The van der Waals surface area contributed by atoms with Crippen molar-refractivity contribution in [2.75, 3.05) is 11.0 Å². The molecule has 0 unspecified atom stereocenters. The number of rotatable bonds is 37. The molecule has 4 nitrogen and oxygen atoms in total. The van der Waals surface area contributed by atoms with E-state index in [1.54, 1.807) is 0 Å². The lowest BCUT2D eigenvalue weighted by molar-refractivity contribution is 0.193. The molecule has 0 aliphatic carbocycles. The van der Waals surface area contributed by atoms with Crippen LogP contribution in [0.2, 0.25) is 0 Å². The van der Waals surface area contributed by atoms with Crippen molar-refractivity contribution in [3.05, 3.63) is 0 Å². The van der Waals surface area contributed by atoms with Gasteiger partial charge in [-0.25, -0.2) is 4.57 Å². The van der Waals surface area contributed by atoms with E-state index >= 15 is 0 Å². The summed E-state index contributed by atoms with van der Waals surface area (Å²) in [6.07, 6.45) is 47.4. The highest BCUT2D eigenvalue weighted by Crippen LogP contribution is 2.35. The number of hydrogen-bond acceptors (Lipinski definition) is 2. The number of hydrogen-bond donors (Lipinski definition) is 2. The van der Waals surface area contributed by atoms with Gasteiger partial charge in [0.15, 0.2) is 0 Å². The Kier molecular flexibility index (Phi) is 37.0. The lowest BCUT2D eigenvalue weighted by Gasteiger charge is -2.05. The first-order chi connectivity index (χ1) is 20.6. The largest absolute Gasteiger partial charge is 0.469 e. The molecule has 0 saturated heterocycles. The van der Waals surface area contributed by atoms with E-state index in [-0.39, 0.29) is 6.61 Å². The molecule has 2 N–H and O–H groups in total. The number of phosphoric ester groups is 1. The first-order valence-corrected chi connectivity index (χ1v) is 21.9. The normalized spacial score (nSPS) is 12.0. The summed E-state index contributed by atoms with van der Waals surface area (Å²) in [7, 11) is -4.27. The average molecular weight is 729 g/mol. The van der Waals surface area contributed by atoms with Gasteiger partial charge in [0.25, 0.3) is 0 Å². The highest BCUT2D eigenvalue weighted by Gasteiger charge is 2.12. The van der Waals surface area contributed by atoms with Gasteiger partial charge in [-0.3, -0.25) is 4.52 Å². The molecule has 0 spiro atoms. The van der Waals surface area contributed by atoms with E-state index < -0.39 is 7.82 Å². The molecule has 42 heavy (non-hydrogen) atoms. The van der Waals surface area contributed by atoms with Crippen LogP contribution in [0.5, 0.6) is 0 Å². The predicted molar refractivity (Wildman–Crippen MR) is 194 cm³/mol. The van der Waals surface area contributed by atoms with Gasteiger partial charge in [0, 0.05) is 0 Å². The second-order valence-electron chi connectivity index (χ2n) is 13.0. The van der Waals surface area contributed by atoms with Crippen molar-refractivity contribution >= 4 is 30.4 Å². The maximum Gasteiger partial charge on any atom is 0.469 e. The second kappa shape index (κ2) is 36.3. The van der Waals surface area contributed by atoms with Crippen LogP contribution in [0, 0.1) is 0 Å². The zero-order valence-electron chi connectivity index (χ0n) is 28.0. The summed E-state index contributed by atoms with van der Waals surface area (Å²) in [4.78, 5) is 17.3. The van der Waals surface area contributed by atoms with Crippen LogP contribution in [0.4, 0.5) is 0 Å². The van der Waals surface area contributed by atoms with E-state index in [1.165, 1.54) is 203 Å². The quantitative estimate of drug-likeness (QED) is 0.0289. The fourth-order valence-corrected chi connectivity index (χ4v) is 6.94. The Morgan fingerprint density at radius 3 is 0.667 bits per heavy atom. The third-order valence-corrected chi connectivity index (χ3v) is 10.1. The highest BCUT2D eigenvalue weighted by atomic mass is 127. The van der Waals surface area contributed by atoms with Gasteiger partial charge in [0.05, 0.1) is 6.61 Å². The van der Waals surface area contributed by atoms with E-state index in [9.17, 15) is 4.57 Å². The molecular weight excluding hydrogens is 654 g/mol. The molecule has 0 rings (SSSR count). The van der Waals surface area contributed by atoms with E-state index in [0.717, 1.165) is 19.3 Å². The van der Waals surface area contributed by atoms with Gasteiger partial charge in [-0.15, -0.1) is 0 Å². The van der Waals surface area contributed by atoms with Gasteiger partial charge in [-0.1, -0.05) is 228 Å². The fraction of sp³-hybridized carbons (Fsp3) is 1.00. The van der Waals surface area contributed by atoms with Gasteiger partial charge in [0.1, 0.15) is 0 Å². The first-order valence-electron chi connectivity index (χ1n) is 18.8. The molecule has 0 aromatic carbocycles. The Labute approximate surface area is 277 Å². The van der Waals surface area contributed by atoms with Gasteiger partial charge >= 0.3 is 7.82 Å². The molecule has 0 amide bonds. The average Bonchev–Trinajstić information content (AvgIpc) is 2.96. The summed E-state index contributed by atoms with van der Waals surface area (Å²) in [6, 6.07) is 0. The molecule has 0 atom stereocenters. The number of unbranched alkanes of at least 4 members (excludes halogenated alkanes) is 33. The molecule has 0 aliphatic heterocycles. The van der Waals surface area contributed by atoms with Crippen molar-refractivity contribution in [2.24, 2.45) is 0 Å². The van der Waals surface area contributed by atoms with Gasteiger partial charge < -0.3 is 9.79 Å². The molecule has 0 saturated carbocycles. The number of phosphoric acid groups is 1. The minimum atomic E-state index is -4.27. The molecule has 0 aromatic rings. The van der Waals surface area contributed by atoms with Crippen LogP contribution in [-0.4, -0.2) is 20.8 Å². The molecule has 0 heterocycles. The van der Waals surface area contributed by atoms with Crippen LogP contribution in [0.3, 0.4) is 0 Å². The monoisotopic (exact) mass is 728 g/mol. The zero-order chi connectivity index (χ0) is 30.7. The van der Waals surface area contributed by atoms with Crippen LogP contribution in [-0.2, 0) is 9.09 Å². The van der Waals surface area contributed by atoms with E-state index in [0.29, 0.717) is 0 Å². The van der Waals surface area contributed by atoms with Crippen molar-refractivity contribution in [1.29, 1.82) is 0 Å². The highest BCUT2D eigenvalue weighted by molar-refractivity contribution is 14.1. The van der Waals surface area contributed by atoms with E-state index in [1.807, 2.05) is 0 Å². The standard InChI is InChI=1S/C36H74IO4P/c37-35-33-31-29-27-25-23-21-19-17-15-13-11-9-7-5-3-1-2-4-6-8-10-12-14-16-18-20-22-24-26-28-30-32-34-36-41-42(38,39)40/h1-36H2,(H2,38,39,40). The van der Waals surface area contributed by atoms with Crippen molar-refractivity contribution in [3.8, 4) is 0 Å². The summed E-state index contributed by atoms with van der Waals surface area (Å²) >= 11 is 2.50. The Hall–Kier alpha value is 0.840. The third kappa shape index (κ3) is 40.8. The molecule has 254 valence electrons. The molecule has 0 fully saturated rings. The van der Waals surface area contributed by atoms with Crippen LogP contribution < -0.4 is 0 Å². The van der Waals surface area contributed by atoms with Crippen LogP contribution in [0.15, 0.2) is 0 Å². The Morgan fingerprint density at radius 2 is 0.500 bits per heavy atom. The molecule has 6 heteroatoms. The Bertz CT molecular complexity index is 542. The van der Waals surface area contributed by atoms with Gasteiger partial charge in [-0.05, 0) is 17.3 Å². The molecule has 0 bridgehead atoms. The van der Waals surface area contributed by atoms with E-state index in [2.05, 4.69) is 27.1 Å². The topological polar surface area (TPSA) is 66.8 Å². The lowest BCUT2D eigenvalue weighted by Crippen LogP contribution is -1.92. The van der Waals surface area contributed by atoms with Crippen molar-refractivity contribution < 1.29 is 18.9 Å². The van der Waals surface area contributed by atoms with Crippen molar-refractivity contribution in [1.82, 2.24) is 0 Å². The Balaban J connectivity index is 3.05. The number of alkyl halides is 1. The predicted octanol–water partition coefficient (Wildman–Crippen LogP) is 13.8. The van der Waals surface area contributed by atoms with Crippen molar-refractivity contribution in [2.45, 2.75) is 218 Å².